The molecule has 138 valence electrons. The molecule has 0 amide bonds. The Labute approximate surface area is 140 Å². The number of benzene rings is 1. The Hall–Kier alpha value is -1.02. The van der Waals surface area contributed by atoms with Crippen molar-refractivity contribution in [2.75, 3.05) is 0 Å². The monoisotopic (exact) mass is 372 g/mol. The second kappa shape index (κ2) is 7.90. The van der Waals surface area contributed by atoms with Crippen LogP contribution in [0.4, 0.5) is 26.3 Å². The first kappa shape index (κ1) is 21.0. The van der Waals surface area contributed by atoms with E-state index in [0.29, 0.717) is 23.3 Å². The molecule has 24 heavy (non-hydrogen) atoms. The van der Waals surface area contributed by atoms with Crippen LogP contribution in [0.1, 0.15) is 56.2 Å². The molecule has 0 spiro atoms. The number of aryl methyl sites for hydroxylation is 1. The molecule has 0 aliphatic heterocycles. The standard InChI is InChI=1S/C16H22F6OSi/c1-3-14(4-2,23-24)7-5-6-11-8-12(15(17,18)19)10-13(9-11)16(20,21)22/h8-10H,3-7H2,1-2,24H3. The van der Waals surface area contributed by atoms with Crippen molar-refractivity contribution in [2.24, 2.45) is 0 Å². The van der Waals surface area contributed by atoms with Gasteiger partial charge in [0.15, 0.2) is 0 Å². The van der Waals surface area contributed by atoms with Crippen LogP contribution in [0.15, 0.2) is 18.2 Å². The molecule has 0 saturated carbocycles. The van der Waals surface area contributed by atoms with E-state index in [1.54, 1.807) is 0 Å². The van der Waals surface area contributed by atoms with Gasteiger partial charge in [-0.3, -0.25) is 0 Å². The van der Waals surface area contributed by atoms with Gasteiger partial charge in [0.05, 0.1) is 16.7 Å². The first-order chi connectivity index (χ1) is 11.0. The van der Waals surface area contributed by atoms with Crippen molar-refractivity contribution in [3.05, 3.63) is 34.9 Å². The summed E-state index contributed by atoms with van der Waals surface area (Å²) < 4.78 is 82.6. The van der Waals surface area contributed by atoms with Crippen molar-refractivity contribution in [2.45, 2.75) is 63.9 Å². The van der Waals surface area contributed by atoms with Gasteiger partial charge in [0.2, 0.25) is 0 Å². The Morgan fingerprint density at radius 1 is 0.875 bits per heavy atom. The van der Waals surface area contributed by atoms with Gasteiger partial charge >= 0.3 is 12.4 Å². The molecule has 0 aliphatic carbocycles. The first-order valence-corrected chi connectivity index (χ1v) is 8.62. The molecule has 0 unspecified atom stereocenters. The second-order valence-corrected chi connectivity index (χ2v) is 6.27. The maximum atomic E-state index is 12.8. The number of hydrogen-bond donors (Lipinski definition) is 0. The molecule has 0 heterocycles. The van der Waals surface area contributed by atoms with Crippen LogP contribution < -0.4 is 0 Å². The zero-order valence-corrected chi connectivity index (χ0v) is 15.9. The van der Waals surface area contributed by atoms with Gasteiger partial charge in [-0.2, -0.15) is 26.3 Å². The summed E-state index contributed by atoms with van der Waals surface area (Å²) in [6, 6.07) is 1.76. The molecule has 1 nitrogen and oxygen atoms in total. The summed E-state index contributed by atoms with van der Waals surface area (Å²) in [6.07, 6.45) is -6.83. The highest BCUT2D eigenvalue weighted by Gasteiger charge is 2.36. The molecule has 0 radical (unpaired) electrons. The molecule has 1 aromatic carbocycles. The predicted octanol–water partition coefficient (Wildman–Crippen LogP) is 4.90. The molecule has 8 heteroatoms. The second-order valence-electron chi connectivity index (χ2n) is 5.86. The SMILES string of the molecule is CCC(CC)(CCCc1cc(C(F)(F)F)cc(C(F)(F)F)c1)O[SiH3]. The van der Waals surface area contributed by atoms with Crippen molar-refractivity contribution in [3.8, 4) is 0 Å². The van der Waals surface area contributed by atoms with Gasteiger partial charge in [-0.1, -0.05) is 13.8 Å². The minimum absolute atomic E-state index is 0.0478. The number of halogens is 6. The van der Waals surface area contributed by atoms with Crippen molar-refractivity contribution >= 4 is 10.5 Å². The van der Waals surface area contributed by atoms with Gasteiger partial charge in [-0.25, -0.2) is 0 Å². The fourth-order valence-corrected chi connectivity index (χ4v) is 3.55. The van der Waals surface area contributed by atoms with Gasteiger partial charge in [0, 0.05) is 0 Å². The third-order valence-electron chi connectivity index (χ3n) is 4.47. The van der Waals surface area contributed by atoms with E-state index in [-0.39, 0.29) is 23.7 Å². The quantitative estimate of drug-likeness (QED) is 0.488. The minimum atomic E-state index is -4.80. The fraction of sp³-hybridized carbons (Fsp3) is 0.625. The van der Waals surface area contributed by atoms with Crippen molar-refractivity contribution < 1.29 is 30.8 Å². The van der Waals surface area contributed by atoms with Crippen molar-refractivity contribution in [1.82, 2.24) is 0 Å². The van der Waals surface area contributed by atoms with E-state index in [4.69, 9.17) is 4.43 Å². The Kier molecular flexibility index (Phi) is 6.92. The summed E-state index contributed by atoms with van der Waals surface area (Å²) in [5, 5.41) is 0. The van der Waals surface area contributed by atoms with E-state index in [1.165, 1.54) is 0 Å². The van der Waals surface area contributed by atoms with Crippen LogP contribution >= 0.6 is 0 Å². The fourth-order valence-electron chi connectivity index (χ4n) is 2.77. The highest BCUT2D eigenvalue weighted by molar-refractivity contribution is 5.98. The summed E-state index contributed by atoms with van der Waals surface area (Å²) in [5.41, 5.74) is -2.79. The third-order valence-corrected chi connectivity index (χ3v) is 5.33. The zero-order valence-electron chi connectivity index (χ0n) is 13.9. The molecular formula is C16H22F6OSi. The average molecular weight is 372 g/mol. The molecule has 1 aromatic rings. The van der Waals surface area contributed by atoms with Gasteiger partial charge in [0.25, 0.3) is 0 Å². The maximum absolute atomic E-state index is 12.8. The third kappa shape index (κ3) is 5.51. The van der Waals surface area contributed by atoms with Crippen LogP contribution in [0, 0.1) is 0 Å². The molecule has 0 fully saturated rings. The van der Waals surface area contributed by atoms with Gasteiger partial charge < -0.3 is 4.43 Å². The highest BCUT2D eigenvalue weighted by Crippen LogP contribution is 2.37. The summed E-state index contributed by atoms with van der Waals surface area (Å²) in [5.74, 6) is 0. The molecule has 1 rings (SSSR count). The molecule has 0 aromatic heterocycles. The van der Waals surface area contributed by atoms with Gasteiger partial charge in [-0.15, -0.1) is 0 Å². The lowest BCUT2D eigenvalue weighted by Crippen LogP contribution is -2.30. The molecule has 0 bridgehead atoms. The lowest BCUT2D eigenvalue weighted by atomic mass is 9.90. The number of hydrogen-bond acceptors (Lipinski definition) is 1. The Balaban J connectivity index is 2.99. The highest BCUT2D eigenvalue weighted by atomic mass is 28.2. The molecule has 0 saturated heterocycles. The Morgan fingerprint density at radius 3 is 1.67 bits per heavy atom. The normalized spacial score (nSPS) is 13.5. The van der Waals surface area contributed by atoms with E-state index in [0.717, 1.165) is 25.0 Å². The van der Waals surface area contributed by atoms with E-state index < -0.39 is 23.5 Å². The van der Waals surface area contributed by atoms with Crippen molar-refractivity contribution in [3.63, 3.8) is 0 Å². The Bertz CT molecular complexity index is 494. The lowest BCUT2D eigenvalue weighted by Gasteiger charge is -2.31. The smallest absolute Gasteiger partial charge is 0.416 e. The average Bonchev–Trinajstić information content (AvgIpc) is 2.50. The molecule has 0 atom stereocenters. The van der Waals surface area contributed by atoms with Gasteiger partial charge in [-0.05, 0) is 55.9 Å². The van der Waals surface area contributed by atoms with Gasteiger partial charge in [0.1, 0.15) is 10.5 Å². The maximum Gasteiger partial charge on any atom is 0.416 e. The Morgan fingerprint density at radius 2 is 1.33 bits per heavy atom. The molecular weight excluding hydrogens is 350 g/mol. The summed E-state index contributed by atoms with van der Waals surface area (Å²) in [6.45, 7) is 3.93. The number of rotatable bonds is 7. The largest absolute Gasteiger partial charge is 0.422 e. The van der Waals surface area contributed by atoms with Crippen molar-refractivity contribution in [1.29, 1.82) is 0 Å². The van der Waals surface area contributed by atoms with Crippen LogP contribution in [0.5, 0.6) is 0 Å². The predicted molar refractivity (Wildman–Crippen MR) is 83.7 cm³/mol. The minimum Gasteiger partial charge on any atom is -0.422 e. The van der Waals surface area contributed by atoms with E-state index >= 15 is 0 Å². The van der Waals surface area contributed by atoms with Crippen LogP contribution in [0.2, 0.25) is 0 Å². The first-order valence-electron chi connectivity index (χ1n) is 7.81. The lowest BCUT2D eigenvalue weighted by molar-refractivity contribution is -0.143. The number of alkyl halides is 6. The summed E-state index contributed by atoms with van der Waals surface area (Å²) >= 11 is 0. The van der Waals surface area contributed by atoms with Crippen LogP contribution in [-0.4, -0.2) is 16.1 Å². The van der Waals surface area contributed by atoms with E-state index in [2.05, 4.69) is 0 Å². The summed E-state index contributed by atoms with van der Waals surface area (Å²) in [4.78, 5) is 0. The van der Waals surface area contributed by atoms with E-state index in [1.807, 2.05) is 13.8 Å². The molecule has 0 N–H and O–H groups in total. The topological polar surface area (TPSA) is 9.23 Å². The van der Waals surface area contributed by atoms with E-state index in [9.17, 15) is 26.3 Å². The van der Waals surface area contributed by atoms with Crippen LogP contribution in [0.3, 0.4) is 0 Å². The zero-order chi connectivity index (χ0) is 18.6. The van der Waals surface area contributed by atoms with Crippen LogP contribution in [0.25, 0.3) is 0 Å². The molecule has 0 aliphatic rings. The summed E-state index contributed by atoms with van der Waals surface area (Å²) in [7, 11) is 0.539. The van der Waals surface area contributed by atoms with Crippen LogP contribution in [-0.2, 0) is 23.2 Å².